The third kappa shape index (κ3) is 14.6. The number of benzene rings is 2. The summed E-state index contributed by atoms with van der Waals surface area (Å²) in [7, 11) is 1.69. The van der Waals surface area contributed by atoms with Crippen molar-refractivity contribution in [1.29, 1.82) is 0 Å². The molecule has 0 saturated heterocycles. The molecule has 2 aromatic carbocycles. The summed E-state index contributed by atoms with van der Waals surface area (Å²) in [5.41, 5.74) is 4.17. The van der Waals surface area contributed by atoms with E-state index in [1.807, 2.05) is 39.0 Å². The minimum absolute atomic E-state index is 0.0185. The normalized spacial score (nSPS) is 11.2. The van der Waals surface area contributed by atoms with Gasteiger partial charge in [0.1, 0.15) is 11.5 Å². The van der Waals surface area contributed by atoms with Gasteiger partial charge in [-0.15, -0.1) is 6.58 Å². The van der Waals surface area contributed by atoms with Crippen molar-refractivity contribution in [3.05, 3.63) is 115 Å². The fourth-order valence-corrected chi connectivity index (χ4v) is 2.81. The lowest BCUT2D eigenvalue weighted by Gasteiger charge is -2.18. The van der Waals surface area contributed by atoms with Crippen molar-refractivity contribution >= 4 is 0 Å². The Labute approximate surface area is 204 Å². The molecular weight excluding hydrogens is 404 g/mol. The Kier molecular flexibility index (Phi) is 20.4. The smallest absolute Gasteiger partial charge is 0.118 e. The molecule has 0 fully saturated rings. The molecule has 0 radical (unpaired) electrons. The second-order valence-corrected chi connectivity index (χ2v) is 7.12. The van der Waals surface area contributed by atoms with Gasteiger partial charge in [-0.3, -0.25) is 0 Å². The maximum atomic E-state index is 8.05. The van der Waals surface area contributed by atoms with Gasteiger partial charge < -0.3 is 9.84 Å². The first-order valence-electron chi connectivity index (χ1n) is 11.8. The van der Waals surface area contributed by atoms with Gasteiger partial charge in [0.05, 0.1) is 7.11 Å². The molecule has 33 heavy (non-hydrogen) atoms. The molecule has 0 amide bonds. The van der Waals surface area contributed by atoms with Crippen LogP contribution in [0.15, 0.2) is 98.3 Å². The van der Waals surface area contributed by atoms with Gasteiger partial charge in [0.2, 0.25) is 0 Å². The zero-order valence-corrected chi connectivity index (χ0v) is 22.0. The van der Waals surface area contributed by atoms with E-state index in [0.717, 1.165) is 18.6 Å². The van der Waals surface area contributed by atoms with Crippen molar-refractivity contribution in [2.45, 2.75) is 60.3 Å². The van der Waals surface area contributed by atoms with Crippen molar-refractivity contribution in [1.82, 2.24) is 0 Å². The lowest BCUT2D eigenvalue weighted by molar-refractivity contribution is 0.414. The molecule has 2 unspecified atom stereocenters. The fourth-order valence-electron chi connectivity index (χ4n) is 2.81. The van der Waals surface area contributed by atoms with E-state index < -0.39 is 0 Å². The van der Waals surface area contributed by atoms with E-state index >= 15 is 0 Å². The number of aliphatic hydroxyl groups excluding tert-OH is 1. The minimum Gasteiger partial charge on any atom is -0.509 e. The number of hydrogen-bond donors (Lipinski definition) is 1. The summed E-state index contributed by atoms with van der Waals surface area (Å²) in [6.45, 7) is 22.8. The zero-order valence-electron chi connectivity index (χ0n) is 22.0. The number of rotatable bonds is 8. The van der Waals surface area contributed by atoms with E-state index in [0.29, 0.717) is 11.8 Å². The summed E-state index contributed by atoms with van der Waals surface area (Å²) < 4.78 is 5.15. The quantitative estimate of drug-likeness (QED) is 0.247. The summed E-state index contributed by atoms with van der Waals surface area (Å²) in [4.78, 5) is 0. The molecule has 0 saturated carbocycles. The topological polar surface area (TPSA) is 29.5 Å². The molecule has 0 aliphatic heterocycles. The van der Waals surface area contributed by atoms with Gasteiger partial charge in [-0.2, -0.15) is 0 Å². The van der Waals surface area contributed by atoms with E-state index in [1.165, 1.54) is 22.8 Å². The van der Waals surface area contributed by atoms with Crippen LogP contribution in [0.2, 0.25) is 0 Å². The Morgan fingerprint density at radius 1 is 0.939 bits per heavy atom. The molecular formula is C31H46O2. The van der Waals surface area contributed by atoms with E-state index in [9.17, 15) is 0 Å². The second-order valence-electron chi connectivity index (χ2n) is 7.12. The standard InChI is InChI=1S/C15H20O.C10H14.C4H6O.C2H6/c1-5-7-13(6-2)12(3)14-8-10-15(16-4)11-9-14;1-3-9-5-7-10(4-2)8-6-9;1-3-4(2)5;1-2/h5-13H,2H2,1,3-4H3;5-8H,3-4H2,1-2H3;3,5H,1-2H2;1-2H3/b7-5-;;;. The predicted molar refractivity (Wildman–Crippen MR) is 148 cm³/mol. The fraction of sp³-hybridized carbons (Fsp3) is 0.355. The SMILES string of the molecule is C=CC(/C=C\C)C(C)c1ccc(OC)cc1.C=CC(=C)O.CC.CCc1ccc(CC)cc1. The molecule has 2 rings (SSSR count). The molecule has 2 nitrogen and oxygen atoms in total. The van der Waals surface area contributed by atoms with E-state index in [4.69, 9.17) is 9.84 Å². The first-order chi connectivity index (χ1) is 15.9. The Hall–Kier alpha value is -3.00. The number of hydrogen-bond acceptors (Lipinski definition) is 2. The van der Waals surface area contributed by atoms with E-state index in [1.54, 1.807) is 7.11 Å². The molecule has 0 aliphatic carbocycles. The van der Waals surface area contributed by atoms with Crippen LogP contribution in [0.1, 0.15) is 64.2 Å². The van der Waals surface area contributed by atoms with Gasteiger partial charge in [0.25, 0.3) is 0 Å². The van der Waals surface area contributed by atoms with Crippen molar-refractivity contribution < 1.29 is 9.84 Å². The van der Waals surface area contributed by atoms with E-state index in [-0.39, 0.29) is 5.76 Å². The van der Waals surface area contributed by atoms with Gasteiger partial charge in [0, 0.05) is 5.92 Å². The van der Waals surface area contributed by atoms with Crippen LogP contribution in [0.3, 0.4) is 0 Å². The van der Waals surface area contributed by atoms with Gasteiger partial charge in [-0.25, -0.2) is 0 Å². The Morgan fingerprint density at radius 2 is 1.36 bits per heavy atom. The van der Waals surface area contributed by atoms with Crippen LogP contribution in [0.5, 0.6) is 5.75 Å². The van der Waals surface area contributed by atoms with Crippen molar-refractivity contribution in [3.63, 3.8) is 0 Å². The summed E-state index contributed by atoms with van der Waals surface area (Å²) >= 11 is 0. The molecule has 1 N–H and O–H groups in total. The maximum Gasteiger partial charge on any atom is 0.118 e. The first kappa shape index (κ1) is 32.2. The van der Waals surface area contributed by atoms with Crippen LogP contribution >= 0.6 is 0 Å². The third-order valence-electron chi connectivity index (χ3n) is 4.98. The lowest BCUT2D eigenvalue weighted by Crippen LogP contribution is -2.04. The van der Waals surface area contributed by atoms with Gasteiger partial charge in [-0.05, 0) is 60.6 Å². The highest BCUT2D eigenvalue weighted by molar-refractivity contribution is 5.30. The average Bonchev–Trinajstić information content (AvgIpc) is 2.88. The second kappa shape index (κ2) is 20.9. The van der Waals surface area contributed by atoms with Crippen LogP contribution in [0, 0.1) is 5.92 Å². The van der Waals surface area contributed by atoms with Crippen LogP contribution < -0.4 is 4.74 Å². The first-order valence-corrected chi connectivity index (χ1v) is 11.8. The van der Waals surface area contributed by atoms with Crippen molar-refractivity contribution in [2.24, 2.45) is 5.92 Å². The summed E-state index contributed by atoms with van der Waals surface area (Å²) in [5.74, 6) is 1.75. The van der Waals surface area contributed by atoms with Crippen LogP contribution in [0.25, 0.3) is 0 Å². The van der Waals surface area contributed by atoms with Crippen LogP contribution in [0.4, 0.5) is 0 Å². The van der Waals surface area contributed by atoms with E-state index in [2.05, 4.69) is 89.1 Å². The van der Waals surface area contributed by atoms with Gasteiger partial charge >= 0.3 is 0 Å². The molecule has 182 valence electrons. The molecule has 0 spiro atoms. The number of allylic oxidation sites excluding steroid dienone is 4. The van der Waals surface area contributed by atoms with Crippen LogP contribution in [-0.4, -0.2) is 12.2 Å². The third-order valence-corrected chi connectivity index (χ3v) is 4.98. The summed E-state index contributed by atoms with van der Waals surface area (Å²) in [6, 6.07) is 17.1. The largest absolute Gasteiger partial charge is 0.509 e. The maximum absolute atomic E-state index is 8.05. The highest BCUT2D eigenvalue weighted by atomic mass is 16.5. The van der Waals surface area contributed by atoms with Crippen molar-refractivity contribution in [3.8, 4) is 5.75 Å². The molecule has 2 heteroatoms. The highest BCUT2D eigenvalue weighted by Crippen LogP contribution is 2.27. The van der Waals surface area contributed by atoms with Crippen molar-refractivity contribution in [2.75, 3.05) is 7.11 Å². The molecule has 2 atom stereocenters. The summed E-state index contributed by atoms with van der Waals surface area (Å²) in [6.07, 6.45) is 9.82. The Balaban J connectivity index is 0. The minimum atomic E-state index is 0.0185. The predicted octanol–water partition coefficient (Wildman–Crippen LogP) is 9.26. The average molecular weight is 451 g/mol. The molecule has 0 aliphatic rings. The lowest BCUT2D eigenvalue weighted by atomic mass is 9.87. The number of ether oxygens (including phenoxy) is 1. The van der Waals surface area contributed by atoms with Crippen LogP contribution in [-0.2, 0) is 12.8 Å². The van der Waals surface area contributed by atoms with Gasteiger partial charge in [0.15, 0.2) is 0 Å². The molecule has 0 bridgehead atoms. The highest BCUT2D eigenvalue weighted by Gasteiger charge is 2.12. The number of aliphatic hydroxyl groups is 1. The molecule has 0 aromatic heterocycles. The number of aryl methyl sites for hydroxylation is 2. The zero-order chi connectivity index (χ0) is 25.6. The monoisotopic (exact) mass is 450 g/mol. The Bertz CT molecular complexity index is 760. The molecule has 2 aromatic rings. The molecule has 0 heterocycles. The van der Waals surface area contributed by atoms with Gasteiger partial charge in [-0.1, -0.05) is 102 Å². The summed E-state index contributed by atoms with van der Waals surface area (Å²) in [5, 5.41) is 8.05. The Morgan fingerprint density at radius 3 is 1.64 bits per heavy atom. The number of methoxy groups -OCH3 is 1.